The summed E-state index contributed by atoms with van der Waals surface area (Å²) in [6, 6.07) is 44.5. The number of rotatable bonds is 23. The van der Waals surface area contributed by atoms with Gasteiger partial charge in [0.2, 0.25) is 0 Å². The molecule has 0 bridgehead atoms. The topological polar surface area (TPSA) is 394 Å². The highest BCUT2D eigenvalue weighted by Gasteiger charge is 2.34. The number of aryl methyl sites for hydroxylation is 1. The molecule has 6 aromatic heterocycles. The molecule has 9 amide bonds. The van der Waals surface area contributed by atoms with Crippen LogP contribution in [0.25, 0.3) is 51.1 Å². The van der Waals surface area contributed by atoms with Crippen LogP contribution in [-0.4, -0.2) is 133 Å². The maximum absolute atomic E-state index is 12.9. The number of halogens is 6. The van der Waals surface area contributed by atoms with E-state index in [2.05, 4.69) is 94.5 Å². The van der Waals surface area contributed by atoms with Gasteiger partial charge in [-0.2, -0.15) is 0 Å². The number of carbonyl (C=O) groups excluding carboxylic acids is 7. The van der Waals surface area contributed by atoms with E-state index in [0.717, 1.165) is 28.9 Å². The SMILES string of the molecule is C=C(O)[C@H](CC)NC(=O)c1cccn2c(-c3ccc(NC(=O)Nc4ccccc4OC(F)(F)F)cc3)nnc12.CC(=O)[C@@H](NC(=O)c1cccn2c(-c3ccc(NC(=O)Nc4ccccc4C)cc3)nnc12)C(C)C.O=C(O)CCNC(=O)c1cccn2c(-c3ccc(NC(=O)Nc4ccccc4OC(F)(F)F)cc3)nnc12. The summed E-state index contributed by atoms with van der Waals surface area (Å²) in [6.07, 6.45) is -4.49. The molecule has 0 radical (unpaired) electrons. The molecular weight excluding hydrogens is 1480 g/mol. The number of hydrogen-bond donors (Lipinski definition) is 11. The van der Waals surface area contributed by atoms with Crippen molar-refractivity contribution in [3.05, 3.63) is 235 Å². The molecule has 6 heterocycles. The van der Waals surface area contributed by atoms with E-state index >= 15 is 0 Å². The molecule has 12 aromatic rings. The van der Waals surface area contributed by atoms with Gasteiger partial charge in [-0.05, 0) is 171 Å². The molecule has 0 saturated heterocycles. The van der Waals surface area contributed by atoms with Crippen LogP contribution < -0.4 is 57.3 Å². The van der Waals surface area contributed by atoms with Crippen LogP contribution >= 0.6 is 0 Å². The lowest BCUT2D eigenvalue weighted by molar-refractivity contribution is -0.275. The number of carbonyl (C=O) groups is 8. The van der Waals surface area contributed by atoms with Crippen LogP contribution in [0.5, 0.6) is 11.5 Å². The predicted octanol–water partition coefficient (Wildman–Crippen LogP) is 14.4. The van der Waals surface area contributed by atoms with Gasteiger partial charge in [0.25, 0.3) is 17.7 Å². The van der Waals surface area contributed by atoms with E-state index in [4.69, 9.17) is 5.11 Å². The number of ether oxygens (including phenoxy) is 2. The van der Waals surface area contributed by atoms with Crippen LogP contribution in [0.1, 0.15) is 77.2 Å². The highest BCUT2D eigenvalue weighted by atomic mass is 19.4. The van der Waals surface area contributed by atoms with Crippen LogP contribution in [0.3, 0.4) is 0 Å². The number of carboxylic acid groups (broad SMARTS) is 1. The summed E-state index contributed by atoms with van der Waals surface area (Å²) in [5.74, 6) is -2.40. The average molecular weight is 1550 g/mol. The van der Waals surface area contributed by atoms with E-state index in [9.17, 15) is 69.8 Å². The van der Waals surface area contributed by atoms with Crippen LogP contribution in [0.2, 0.25) is 0 Å². The molecule has 36 heteroatoms. The Balaban J connectivity index is 0.000000180. The zero-order chi connectivity index (χ0) is 81.3. The smallest absolute Gasteiger partial charge is 0.511 e. The molecule has 12 rings (SSSR count). The van der Waals surface area contributed by atoms with Gasteiger partial charge in [-0.3, -0.25) is 37.2 Å². The number of hydrogen-bond acceptors (Lipinski definition) is 17. The van der Waals surface area contributed by atoms with Crippen molar-refractivity contribution in [1.82, 2.24) is 59.7 Å². The minimum atomic E-state index is -4.92. The second kappa shape index (κ2) is 36.0. The Bertz CT molecular complexity index is 5500. The van der Waals surface area contributed by atoms with Gasteiger partial charge in [-0.25, -0.2) is 14.4 Å². The predicted molar refractivity (Wildman–Crippen MR) is 405 cm³/mol. The number of carboxylic acids is 1. The Hall–Kier alpha value is -14.7. The lowest BCUT2D eigenvalue weighted by Gasteiger charge is -2.19. The van der Waals surface area contributed by atoms with Crippen molar-refractivity contribution in [2.75, 3.05) is 38.4 Å². The number of fused-ring (bicyclic) bond motifs is 3. The molecule has 11 N–H and O–H groups in total. The highest BCUT2D eigenvalue weighted by molar-refractivity contribution is 6.05. The Morgan fingerprint density at radius 2 is 0.814 bits per heavy atom. The first-order valence-corrected chi connectivity index (χ1v) is 34.2. The molecule has 0 aliphatic carbocycles. The summed E-state index contributed by atoms with van der Waals surface area (Å²) in [6.45, 7) is 12.4. The number of aromatic nitrogens is 9. The zero-order valence-corrected chi connectivity index (χ0v) is 60.4. The molecule has 0 spiro atoms. The Morgan fingerprint density at radius 1 is 0.460 bits per heavy atom. The third-order valence-corrected chi connectivity index (χ3v) is 16.5. The molecule has 0 aliphatic rings. The quantitative estimate of drug-likeness (QED) is 0.0209. The molecule has 0 unspecified atom stereocenters. The lowest BCUT2D eigenvalue weighted by atomic mass is 10.0. The molecule has 0 fully saturated rings. The van der Waals surface area contributed by atoms with Crippen molar-refractivity contribution in [3.63, 3.8) is 0 Å². The summed E-state index contributed by atoms with van der Waals surface area (Å²) < 4.78 is 88.4. The maximum atomic E-state index is 12.9. The molecule has 0 saturated carbocycles. The Morgan fingerprint density at radius 3 is 1.16 bits per heavy atom. The summed E-state index contributed by atoms with van der Waals surface area (Å²) in [5, 5.41) is 66.8. The van der Waals surface area contributed by atoms with Crippen molar-refractivity contribution < 1.29 is 84.4 Å². The fraction of sp³-hybridized carbons (Fsp3) is 0.169. The third-order valence-electron chi connectivity index (χ3n) is 16.5. The number of pyridine rings is 3. The minimum Gasteiger partial charge on any atom is -0.511 e. The second-order valence-electron chi connectivity index (χ2n) is 24.9. The minimum absolute atomic E-state index is 0.0365. The lowest BCUT2D eigenvalue weighted by Crippen LogP contribution is -2.43. The number of para-hydroxylation sites is 5. The molecule has 582 valence electrons. The van der Waals surface area contributed by atoms with Gasteiger partial charge >= 0.3 is 36.8 Å². The molecule has 113 heavy (non-hydrogen) atoms. The van der Waals surface area contributed by atoms with Crippen LogP contribution in [0.4, 0.5) is 74.9 Å². The number of nitrogens with zero attached hydrogens (tertiary/aromatic N) is 9. The summed E-state index contributed by atoms with van der Waals surface area (Å²) in [5.41, 5.74) is 6.39. The highest BCUT2D eigenvalue weighted by Crippen LogP contribution is 2.33. The summed E-state index contributed by atoms with van der Waals surface area (Å²) in [7, 11) is 0. The number of aliphatic carboxylic acids is 1. The number of ketones is 1. The van der Waals surface area contributed by atoms with Gasteiger partial charge in [0.05, 0.1) is 46.6 Å². The van der Waals surface area contributed by atoms with Crippen molar-refractivity contribution >= 4 is 98.6 Å². The number of amides is 9. The fourth-order valence-corrected chi connectivity index (χ4v) is 11.1. The molecule has 6 aromatic carbocycles. The normalized spacial score (nSPS) is 11.6. The van der Waals surface area contributed by atoms with Crippen LogP contribution in [0.15, 0.2) is 213 Å². The molecule has 30 nitrogen and oxygen atoms in total. The van der Waals surface area contributed by atoms with E-state index < -0.39 is 66.2 Å². The average Bonchev–Trinajstić information content (AvgIpc) is 1.66. The van der Waals surface area contributed by atoms with Crippen molar-refractivity contribution in [3.8, 4) is 45.7 Å². The largest absolute Gasteiger partial charge is 0.573 e. The Labute approximate surface area is 637 Å². The number of alkyl halides is 6. The van der Waals surface area contributed by atoms with Crippen molar-refractivity contribution in [2.45, 2.75) is 72.3 Å². The van der Waals surface area contributed by atoms with E-state index in [0.29, 0.717) is 68.9 Å². The van der Waals surface area contributed by atoms with E-state index in [1.165, 1.54) is 49.4 Å². The van der Waals surface area contributed by atoms with Gasteiger partial charge in [-0.15, -0.1) is 56.9 Å². The first-order chi connectivity index (χ1) is 53.9. The first-order valence-electron chi connectivity index (χ1n) is 34.2. The number of Topliss-reactive ketones (excluding diaryl/α,β-unsaturated/α-hetero) is 1. The fourth-order valence-electron chi connectivity index (χ4n) is 11.1. The monoisotopic (exact) mass is 1550 g/mol. The zero-order valence-electron chi connectivity index (χ0n) is 60.4. The van der Waals surface area contributed by atoms with Crippen LogP contribution in [0, 0.1) is 12.8 Å². The number of benzene rings is 6. The van der Waals surface area contributed by atoms with Gasteiger partial charge in [0.1, 0.15) is 5.76 Å². The summed E-state index contributed by atoms with van der Waals surface area (Å²) >= 11 is 0. The first kappa shape index (κ1) is 80.8. The van der Waals surface area contributed by atoms with E-state index in [-0.39, 0.29) is 70.5 Å². The van der Waals surface area contributed by atoms with Gasteiger partial charge in [0, 0.05) is 64.6 Å². The Kier molecular flexibility index (Phi) is 25.7. The maximum Gasteiger partial charge on any atom is 0.573 e. The second-order valence-corrected chi connectivity index (χ2v) is 24.9. The summed E-state index contributed by atoms with van der Waals surface area (Å²) in [4.78, 5) is 97.9. The van der Waals surface area contributed by atoms with Crippen LogP contribution in [-0.2, 0) is 9.59 Å². The molecular formula is C77H70F6N18O12. The number of urea groups is 3. The molecule has 2 atom stereocenters. The van der Waals surface area contributed by atoms with E-state index in [1.807, 2.05) is 57.2 Å². The number of anilines is 6. The standard InChI is InChI=1S/C27H28N6O3.C26H23F3N6O4.C24H19F3N6O5/c1-16(2)23(18(4)34)30-26(35)21-9-7-15-33-24(31-32-25(21)33)19-11-13-20(14-12-19)28-27(36)29-22-10-6-5-8-17(22)3;1-3-19(15(2)36)31-24(37)18-7-6-14-35-22(33-34-23(18)35)16-10-12-17(13-11-16)30-25(38)32-20-8-4-5-9-21(20)39-26(27,28)29;25-24(26,27)38-18-6-2-1-5-17(18)30-23(37)29-15-9-7-14(8-10-15)20-31-32-21-16(4-3-13-33(20)21)22(36)28-12-11-19(34)35/h5-16,23H,1-4H3,(H,30,35)(H2,28,29,36);4-14,19,36H,2-3H2,1H3,(H,31,37)(H2,30,32,38);1-10,13H,11-12H2,(H,28,36)(H,34,35)(H2,29,30,37)/t23-;19-;/m00./s1. The third kappa shape index (κ3) is 21.4. The van der Waals surface area contributed by atoms with E-state index in [1.54, 1.807) is 130 Å². The number of aliphatic hydroxyl groups excluding tert-OH is 1. The van der Waals surface area contributed by atoms with Gasteiger partial charge < -0.3 is 67.5 Å². The molecule has 0 aliphatic heterocycles. The van der Waals surface area contributed by atoms with Crippen molar-refractivity contribution in [1.29, 1.82) is 0 Å². The van der Waals surface area contributed by atoms with Gasteiger partial charge in [-0.1, -0.05) is 69.8 Å². The van der Waals surface area contributed by atoms with Gasteiger partial charge in [0.15, 0.2) is 51.7 Å². The number of nitrogens with one attached hydrogen (secondary N) is 9. The van der Waals surface area contributed by atoms with Crippen molar-refractivity contribution in [2.24, 2.45) is 5.92 Å². The number of aliphatic hydroxyl groups is 1.